The molecule has 0 heterocycles. The largest absolute Gasteiger partial charge is 0.453 e. The van der Waals surface area contributed by atoms with Crippen LogP contribution in [0.4, 0.5) is 5.69 Å². The van der Waals surface area contributed by atoms with Crippen molar-refractivity contribution in [3.63, 3.8) is 0 Å². The lowest BCUT2D eigenvalue weighted by Crippen LogP contribution is -2.30. The molecule has 0 bridgehead atoms. The molecule has 1 aromatic rings. The van der Waals surface area contributed by atoms with Gasteiger partial charge < -0.3 is 10.1 Å². The second-order valence-electron chi connectivity index (χ2n) is 5.25. The van der Waals surface area contributed by atoms with Gasteiger partial charge in [0.1, 0.15) is 0 Å². The lowest BCUT2D eigenvalue weighted by molar-refractivity contribution is -0.153. The van der Waals surface area contributed by atoms with Crippen molar-refractivity contribution in [1.29, 1.82) is 0 Å². The summed E-state index contributed by atoms with van der Waals surface area (Å²) in [4.78, 5) is 23.8. The molecule has 1 N–H and O–H groups in total. The summed E-state index contributed by atoms with van der Waals surface area (Å²) in [5, 5.41) is 3.46. The van der Waals surface area contributed by atoms with Crippen molar-refractivity contribution in [2.45, 2.75) is 32.3 Å². The van der Waals surface area contributed by atoms with Crippen LogP contribution in [0.2, 0.25) is 10.0 Å². The molecular formula is C16H17Cl2NO3. The van der Waals surface area contributed by atoms with Crippen LogP contribution in [-0.2, 0) is 14.3 Å². The molecule has 4 nitrogen and oxygen atoms in total. The summed E-state index contributed by atoms with van der Waals surface area (Å²) in [6.45, 7) is 1.53. The number of amides is 1. The zero-order chi connectivity index (χ0) is 16.1. The Labute approximate surface area is 139 Å². The third-order valence-corrected chi connectivity index (χ3v) is 3.79. The molecule has 0 radical (unpaired) electrons. The lowest BCUT2D eigenvalue weighted by atomic mass is 10.1. The fraction of sp³-hybridized carbons (Fsp3) is 0.375. The normalized spacial score (nSPS) is 18.0. The van der Waals surface area contributed by atoms with E-state index in [9.17, 15) is 9.59 Å². The molecule has 22 heavy (non-hydrogen) atoms. The molecule has 6 heteroatoms. The van der Waals surface area contributed by atoms with Crippen molar-refractivity contribution in [2.75, 3.05) is 5.32 Å². The minimum atomic E-state index is -0.879. The Balaban J connectivity index is 1.85. The molecule has 0 saturated carbocycles. The number of halogens is 2. The van der Waals surface area contributed by atoms with E-state index >= 15 is 0 Å². The van der Waals surface area contributed by atoms with E-state index in [1.165, 1.54) is 6.92 Å². The number of hydrogen-bond acceptors (Lipinski definition) is 3. The Morgan fingerprint density at radius 1 is 1.32 bits per heavy atom. The van der Waals surface area contributed by atoms with Gasteiger partial charge in [-0.15, -0.1) is 0 Å². The van der Waals surface area contributed by atoms with Crippen LogP contribution in [0.15, 0.2) is 30.4 Å². The Hall–Kier alpha value is -1.52. The monoisotopic (exact) mass is 341 g/mol. The maximum Gasteiger partial charge on any atom is 0.307 e. The van der Waals surface area contributed by atoms with Crippen LogP contribution >= 0.6 is 23.2 Å². The zero-order valence-corrected chi connectivity index (χ0v) is 13.7. The standard InChI is InChI=1S/C16H17Cl2NO3/c1-10(22-15(20)6-11-4-2-3-5-11)16(21)19-14-8-12(17)7-13(18)9-14/h2,4,7-11H,3,5-6H2,1H3,(H,19,21)/t10-,11-/m0/s1. The van der Waals surface area contributed by atoms with Gasteiger partial charge in [-0.3, -0.25) is 9.59 Å². The Morgan fingerprint density at radius 2 is 2.00 bits per heavy atom. The molecule has 2 rings (SSSR count). The first kappa shape index (κ1) is 16.8. The van der Waals surface area contributed by atoms with Crippen LogP contribution in [0.25, 0.3) is 0 Å². The molecule has 0 aliphatic heterocycles. The van der Waals surface area contributed by atoms with Gasteiger partial charge in [-0.05, 0) is 43.9 Å². The minimum absolute atomic E-state index is 0.217. The molecule has 0 fully saturated rings. The average Bonchev–Trinajstić information content (AvgIpc) is 2.89. The molecule has 0 unspecified atom stereocenters. The van der Waals surface area contributed by atoms with E-state index in [2.05, 4.69) is 11.4 Å². The molecule has 0 spiro atoms. The van der Waals surface area contributed by atoms with Gasteiger partial charge >= 0.3 is 5.97 Å². The van der Waals surface area contributed by atoms with Crippen LogP contribution in [0.1, 0.15) is 26.2 Å². The third kappa shape index (κ3) is 5.04. The SMILES string of the molecule is C[C@H](OC(=O)C[C@H]1C=CCC1)C(=O)Nc1cc(Cl)cc(Cl)c1. The number of carbonyl (C=O) groups excluding carboxylic acids is 2. The second-order valence-corrected chi connectivity index (χ2v) is 6.12. The fourth-order valence-electron chi connectivity index (χ4n) is 2.25. The molecule has 1 amide bonds. The molecule has 1 aromatic carbocycles. The highest BCUT2D eigenvalue weighted by molar-refractivity contribution is 6.35. The van der Waals surface area contributed by atoms with Crippen LogP contribution in [0, 0.1) is 5.92 Å². The summed E-state index contributed by atoms with van der Waals surface area (Å²) in [5.74, 6) is -0.577. The van der Waals surface area contributed by atoms with Crippen LogP contribution in [-0.4, -0.2) is 18.0 Å². The van der Waals surface area contributed by atoms with E-state index in [4.69, 9.17) is 27.9 Å². The van der Waals surface area contributed by atoms with Gasteiger partial charge in [-0.1, -0.05) is 35.4 Å². The number of nitrogens with one attached hydrogen (secondary N) is 1. The first-order valence-corrected chi connectivity index (χ1v) is 7.83. The molecule has 0 aromatic heterocycles. The van der Waals surface area contributed by atoms with E-state index in [0.717, 1.165) is 12.8 Å². The summed E-state index contributed by atoms with van der Waals surface area (Å²) < 4.78 is 5.16. The number of hydrogen-bond donors (Lipinski definition) is 1. The Bertz CT molecular complexity index is 581. The van der Waals surface area contributed by atoms with Gasteiger partial charge in [0.05, 0.1) is 6.42 Å². The highest BCUT2D eigenvalue weighted by Crippen LogP contribution is 2.23. The predicted octanol–water partition coefficient (Wildman–Crippen LogP) is 4.22. The smallest absolute Gasteiger partial charge is 0.307 e. The van der Waals surface area contributed by atoms with Crippen molar-refractivity contribution in [1.82, 2.24) is 0 Å². The number of anilines is 1. The van der Waals surface area contributed by atoms with Gasteiger partial charge in [0.15, 0.2) is 6.10 Å². The number of rotatable bonds is 5. The van der Waals surface area contributed by atoms with Crippen molar-refractivity contribution >= 4 is 40.8 Å². The molecule has 1 aliphatic rings. The van der Waals surface area contributed by atoms with Gasteiger partial charge in [0, 0.05) is 15.7 Å². The molecule has 0 saturated heterocycles. The van der Waals surface area contributed by atoms with Crippen LogP contribution in [0.3, 0.4) is 0 Å². The number of benzene rings is 1. The van der Waals surface area contributed by atoms with Gasteiger partial charge in [0.2, 0.25) is 0 Å². The maximum absolute atomic E-state index is 12.0. The summed E-state index contributed by atoms with van der Waals surface area (Å²) in [7, 11) is 0. The van der Waals surface area contributed by atoms with Crippen LogP contribution in [0.5, 0.6) is 0 Å². The average molecular weight is 342 g/mol. The van der Waals surface area contributed by atoms with Gasteiger partial charge in [-0.25, -0.2) is 0 Å². The zero-order valence-electron chi connectivity index (χ0n) is 12.1. The van der Waals surface area contributed by atoms with Crippen molar-refractivity contribution in [3.05, 3.63) is 40.4 Å². The third-order valence-electron chi connectivity index (χ3n) is 3.35. The molecule has 2 atom stereocenters. The lowest BCUT2D eigenvalue weighted by Gasteiger charge is -2.15. The number of allylic oxidation sites excluding steroid dienone is 2. The second kappa shape index (κ2) is 7.65. The number of esters is 1. The minimum Gasteiger partial charge on any atom is -0.453 e. The fourth-order valence-corrected chi connectivity index (χ4v) is 2.77. The van der Waals surface area contributed by atoms with Crippen LogP contribution < -0.4 is 5.32 Å². The summed E-state index contributed by atoms with van der Waals surface area (Å²) >= 11 is 11.7. The Kier molecular flexibility index (Phi) is 5.86. The van der Waals surface area contributed by atoms with Crippen molar-refractivity contribution < 1.29 is 14.3 Å². The van der Waals surface area contributed by atoms with Gasteiger partial charge in [-0.2, -0.15) is 0 Å². The summed E-state index contributed by atoms with van der Waals surface area (Å²) in [6.07, 6.45) is 5.43. The van der Waals surface area contributed by atoms with E-state index in [-0.39, 0.29) is 11.9 Å². The van der Waals surface area contributed by atoms with Gasteiger partial charge in [0.25, 0.3) is 5.91 Å². The quantitative estimate of drug-likeness (QED) is 0.644. The van der Waals surface area contributed by atoms with E-state index in [1.54, 1.807) is 18.2 Å². The summed E-state index contributed by atoms with van der Waals surface area (Å²) in [5.41, 5.74) is 0.462. The first-order chi connectivity index (χ1) is 10.4. The topological polar surface area (TPSA) is 55.4 Å². The maximum atomic E-state index is 12.0. The van der Waals surface area contributed by atoms with E-state index in [0.29, 0.717) is 22.2 Å². The first-order valence-electron chi connectivity index (χ1n) is 7.07. The van der Waals surface area contributed by atoms with Crippen molar-refractivity contribution in [2.24, 2.45) is 5.92 Å². The summed E-state index contributed by atoms with van der Waals surface area (Å²) in [6, 6.07) is 4.71. The highest BCUT2D eigenvalue weighted by atomic mass is 35.5. The predicted molar refractivity (Wildman–Crippen MR) is 87.1 cm³/mol. The highest BCUT2D eigenvalue weighted by Gasteiger charge is 2.21. The molecule has 1 aliphatic carbocycles. The molecular weight excluding hydrogens is 325 g/mol. The number of ether oxygens (including phenoxy) is 1. The Morgan fingerprint density at radius 3 is 2.59 bits per heavy atom. The number of carbonyl (C=O) groups is 2. The van der Waals surface area contributed by atoms with E-state index in [1.807, 2.05) is 6.08 Å². The molecule has 118 valence electrons. The van der Waals surface area contributed by atoms with Crippen molar-refractivity contribution in [3.8, 4) is 0 Å². The van der Waals surface area contributed by atoms with E-state index < -0.39 is 12.0 Å².